The molecule has 0 saturated carbocycles. The number of anilines is 2. The van der Waals surface area contributed by atoms with E-state index in [9.17, 15) is 4.79 Å². The molecule has 0 radical (unpaired) electrons. The lowest BCUT2D eigenvalue weighted by atomic mass is 10.2. The van der Waals surface area contributed by atoms with Gasteiger partial charge < -0.3 is 15.5 Å². The van der Waals surface area contributed by atoms with Crippen molar-refractivity contribution in [2.24, 2.45) is 0 Å². The first-order valence-electron chi connectivity index (χ1n) is 6.82. The van der Waals surface area contributed by atoms with E-state index in [-0.39, 0.29) is 5.91 Å². The highest BCUT2D eigenvalue weighted by Gasteiger charge is 2.07. The van der Waals surface area contributed by atoms with E-state index in [1.165, 1.54) is 0 Å². The Labute approximate surface area is 116 Å². The molecule has 0 heterocycles. The van der Waals surface area contributed by atoms with Crippen LogP contribution in [0.25, 0.3) is 0 Å². The molecule has 1 aromatic carbocycles. The Balaban J connectivity index is 2.59. The molecule has 0 atom stereocenters. The van der Waals surface area contributed by atoms with Gasteiger partial charge in [0, 0.05) is 30.9 Å². The molecule has 4 heteroatoms. The highest BCUT2D eigenvalue weighted by atomic mass is 16.1. The molecule has 1 amide bonds. The SMILES string of the molecule is CNCCCC(=O)Nc1cccc(N(C)C(C)C)c1. The Hall–Kier alpha value is -1.55. The van der Waals surface area contributed by atoms with Crippen molar-refractivity contribution in [3.8, 4) is 0 Å². The molecule has 4 nitrogen and oxygen atoms in total. The number of amides is 1. The van der Waals surface area contributed by atoms with E-state index in [0.29, 0.717) is 12.5 Å². The van der Waals surface area contributed by atoms with Gasteiger partial charge in [-0.3, -0.25) is 4.79 Å². The molecule has 1 aromatic rings. The van der Waals surface area contributed by atoms with Gasteiger partial charge in [-0.05, 0) is 52.1 Å². The zero-order valence-corrected chi connectivity index (χ0v) is 12.4. The first-order chi connectivity index (χ1) is 9.04. The maximum atomic E-state index is 11.7. The summed E-state index contributed by atoms with van der Waals surface area (Å²) >= 11 is 0. The monoisotopic (exact) mass is 263 g/mol. The maximum absolute atomic E-state index is 11.7. The summed E-state index contributed by atoms with van der Waals surface area (Å²) in [6.07, 6.45) is 1.40. The fraction of sp³-hybridized carbons (Fsp3) is 0.533. The Morgan fingerprint density at radius 3 is 2.74 bits per heavy atom. The van der Waals surface area contributed by atoms with Crippen molar-refractivity contribution in [1.29, 1.82) is 0 Å². The molecular weight excluding hydrogens is 238 g/mol. The smallest absolute Gasteiger partial charge is 0.224 e. The molecule has 0 aromatic heterocycles. The summed E-state index contributed by atoms with van der Waals surface area (Å²) in [6.45, 7) is 5.15. The molecule has 2 N–H and O–H groups in total. The van der Waals surface area contributed by atoms with Crippen LogP contribution in [-0.2, 0) is 4.79 Å². The van der Waals surface area contributed by atoms with Crippen molar-refractivity contribution < 1.29 is 4.79 Å². The van der Waals surface area contributed by atoms with E-state index in [1.807, 2.05) is 25.2 Å². The van der Waals surface area contributed by atoms with E-state index in [4.69, 9.17) is 0 Å². The highest BCUT2D eigenvalue weighted by molar-refractivity contribution is 5.91. The Kier molecular flexibility index (Phi) is 6.36. The highest BCUT2D eigenvalue weighted by Crippen LogP contribution is 2.20. The van der Waals surface area contributed by atoms with Crippen LogP contribution in [0.3, 0.4) is 0 Å². The minimum absolute atomic E-state index is 0.0691. The topological polar surface area (TPSA) is 44.4 Å². The van der Waals surface area contributed by atoms with Gasteiger partial charge in [0.15, 0.2) is 0 Å². The molecular formula is C15H25N3O. The molecule has 0 unspecified atom stereocenters. The molecule has 0 fully saturated rings. The van der Waals surface area contributed by atoms with Crippen LogP contribution < -0.4 is 15.5 Å². The predicted octanol–water partition coefficient (Wildman–Crippen LogP) is 2.47. The van der Waals surface area contributed by atoms with Gasteiger partial charge in [0.25, 0.3) is 0 Å². The zero-order valence-electron chi connectivity index (χ0n) is 12.4. The quantitative estimate of drug-likeness (QED) is 0.743. The van der Waals surface area contributed by atoms with Crippen LogP contribution in [0, 0.1) is 0 Å². The lowest BCUT2D eigenvalue weighted by Gasteiger charge is -2.24. The van der Waals surface area contributed by atoms with Crippen LogP contribution >= 0.6 is 0 Å². The van der Waals surface area contributed by atoms with Gasteiger partial charge in [0.2, 0.25) is 5.91 Å². The first kappa shape index (κ1) is 15.5. The van der Waals surface area contributed by atoms with Crippen molar-refractivity contribution in [3.05, 3.63) is 24.3 Å². The van der Waals surface area contributed by atoms with E-state index >= 15 is 0 Å². The van der Waals surface area contributed by atoms with Crippen molar-refractivity contribution in [2.45, 2.75) is 32.7 Å². The molecule has 0 saturated heterocycles. The van der Waals surface area contributed by atoms with E-state index < -0.39 is 0 Å². The fourth-order valence-electron chi connectivity index (χ4n) is 1.75. The second kappa shape index (κ2) is 7.79. The second-order valence-corrected chi connectivity index (χ2v) is 5.01. The molecule has 19 heavy (non-hydrogen) atoms. The van der Waals surface area contributed by atoms with Crippen LogP contribution in [-0.4, -0.2) is 32.6 Å². The van der Waals surface area contributed by atoms with E-state index in [1.54, 1.807) is 0 Å². The fourth-order valence-corrected chi connectivity index (χ4v) is 1.75. The van der Waals surface area contributed by atoms with Gasteiger partial charge >= 0.3 is 0 Å². The van der Waals surface area contributed by atoms with E-state index in [2.05, 4.69) is 42.5 Å². The average Bonchev–Trinajstić information content (AvgIpc) is 2.38. The van der Waals surface area contributed by atoms with Gasteiger partial charge in [0.05, 0.1) is 0 Å². The third-order valence-electron chi connectivity index (χ3n) is 3.14. The van der Waals surface area contributed by atoms with Crippen LogP contribution in [0.1, 0.15) is 26.7 Å². The summed E-state index contributed by atoms with van der Waals surface area (Å²) in [4.78, 5) is 13.9. The van der Waals surface area contributed by atoms with Crippen LogP contribution in [0.5, 0.6) is 0 Å². The third-order valence-corrected chi connectivity index (χ3v) is 3.14. The normalized spacial score (nSPS) is 10.6. The Bertz CT molecular complexity index is 404. The lowest BCUT2D eigenvalue weighted by molar-refractivity contribution is -0.116. The number of carbonyl (C=O) groups excluding carboxylic acids is 1. The van der Waals surface area contributed by atoms with Crippen LogP contribution in [0.15, 0.2) is 24.3 Å². The van der Waals surface area contributed by atoms with Crippen molar-refractivity contribution in [3.63, 3.8) is 0 Å². The number of nitrogens with one attached hydrogen (secondary N) is 2. The average molecular weight is 263 g/mol. The second-order valence-electron chi connectivity index (χ2n) is 5.01. The van der Waals surface area contributed by atoms with Gasteiger partial charge in [-0.1, -0.05) is 6.07 Å². The number of hydrogen-bond acceptors (Lipinski definition) is 3. The zero-order chi connectivity index (χ0) is 14.3. The van der Waals surface area contributed by atoms with Crippen molar-refractivity contribution >= 4 is 17.3 Å². The summed E-state index contributed by atoms with van der Waals surface area (Å²) in [6, 6.07) is 8.39. The Morgan fingerprint density at radius 2 is 2.11 bits per heavy atom. The summed E-state index contributed by atoms with van der Waals surface area (Å²) in [5, 5.41) is 5.98. The summed E-state index contributed by atoms with van der Waals surface area (Å²) in [5.74, 6) is 0.0691. The van der Waals surface area contributed by atoms with Gasteiger partial charge in [0.1, 0.15) is 0 Å². The van der Waals surface area contributed by atoms with Crippen molar-refractivity contribution in [2.75, 3.05) is 30.9 Å². The van der Waals surface area contributed by atoms with Crippen molar-refractivity contribution in [1.82, 2.24) is 5.32 Å². The minimum atomic E-state index is 0.0691. The summed E-state index contributed by atoms with van der Waals surface area (Å²) in [5.41, 5.74) is 1.97. The molecule has 0 bridgehead atoms. The number of rotatable bonds is 7. The lowest BCUT2D eigenvalue weighted by Crippen LogP contribution is -2.25. The number of hydrogen-bond donors (Lipinski definition) is 2. The largest absolute Gasteiger partial charge is 0.372 e. The summed E-state index contributed by atoms with van der Waals surface area (Å²) in [7, 11) is 3.95. The minimum Gasteiger partial charge on any atom is -0.372 e. The Morgan fingerprint density at radius 1 is 1.37 bits per heavy atom. The standard InChI is InChI=1S/C15H25N3O/c1-12(2)18(4)14-8-5-7-13(11-14)17-15(19)9-6-10-16-3/h5,7-8,11-12,16H,6,9-10H2,1-4H3,(H,17,19). The molecule has 0 spiro atoms. The first-order valence-corrected chi connectivity index (χ1v) is 6.82. The number of carbonyl (C=O) groups is 1. The van der Waals surface area contributed by atoms with Gasteiger partial charge in [-0.2, -0.15) is 0 Å². The molecule has 1 rings (SSSR count). The van der Waals surface area contributed by atoms with Gasteiger partial charge in [-0.15, -0.1) is 0 Å². The molecule has 0 aliphatic heterocycles. The van der Waals surface area contributed by atoms with Crippen LogP contribution in [0.4, 0.5) is 11.4 Å². The molecule has 0 aliphatic carbocycles. The van der Waals surface area contributed by atoms with E-state index in [0.717, 1.165) is 24.3 Å². The number of nitrogens with zero attached hydrogens (tertiary/aromatic N) is 1. The van der Waals surface area contributed by atoms with Gasteiger partial charge in [-0.25, -0.2) is 0 Å². The van der Waals surface area contributed by atoms with Crippen LogP contribution in [0.2, 0.25) is 0 Å². The predicted molar refractivity (Wildman–Crippen MR) is 81.8 cm³/mol. The number of benzene rings is 1. The third kappa shape index (κ3) is 5.30. The molecule has 106 valence electrons. The molecule has 0 aliphatic rings. The summed E-state index contributed by atoms with van der Waals surface area (Å²) < 4.78 is 0. The maximum Gasteiger partial charge on any atom is 0.224 e.